The van der Waals surface area contributed by atoms with Crippen molar-refractivity contribution in [2.75, 3.05) is 26.7 Å². The second kappa shape index (κ2) is 5.28. The van der Waals surface area contributed by atoms with Gasteiger partial charge < -0.3 is 9.64 Å². The predicted octanol–water partition coefficient (Wildman–Crippen LogP) is 2.18. The summed E-state index contributed by atoms with van der Waals surface area (Å²) in [6.07, 6.45) is 3.65. The van der Waals surface area contributed by atoms with Gasteiger partial charge in [-0.2, -0.15) is 0 Å². The molecule has 0 atom stereocenters. The van der Waals surface area contributed by atoms with Crippen LogP contribution in [0.2, 0.25) is 0 Å². The van der Waals surface area contributed by atoms with E-state index in [1.54, 1.807) is 0 Å². The highest BCUT2D eigenvalue weighted by Crippen LogP contribution is 2.49. The van der Waals surface area contributed by atoms with Crippen LogP contribution in [0.25, 0.3) is 0 Å². The first-order valence-electron chi connectivity index (χ1n) is 8.43. The molecule has 0 bridgehead atoms. The number of carbonyl (C=O) groups excluding carboxylic acids is 1. The van der Waals surface area contributed by atoms with Gasteiger partial charge in [-0.25, -0.2) is 4.39 Å². The summed E-state index contributed by atoms with van der Waals surface area (Å²) in [4.78, 5) is 16.5. The number of benzene rings is 1. The molecule has 2 saturated heterocycles. The fourth-order valence-electron chi connectivity index (χ4n) is 4.00. The first-order valence-corrected chi connectivity index (χ1v) is 8.43. The smallest absolute Gasteiger partial charge is 0.254 e. The number of rotatable bonds is 2. The topological polar surface area (TPSA) is 32.8 Å². The molecule has 124 valence electrons. The van der Waals surface area contributed by atoms with Crippen molar-refractivity contribution in [2.24, 2.45) is 0 Å². The third-order valence-corrected chi connectivity index (χ3v) is 5.46. The number of hydrogen-bond acceptors (Lipinski definition) is 3. The minimum Gasteiger partial charge on any atom is -0.357 e. The van der Waals surface area contributed by atoms with Crippen LogP contribution in [0.4, 0.5) is 4.39 Å². The van der Waals surface area contributed by atoms with Crippen LogP contribution in [0.1, 0.15) is 31.2 Å². The van der Waals surface area contributed by atoms with Gasteiger partial charge in [0.2, 0.25) is 0 Å². The summed E-state index contributed by atoms with van der Waals surface area (Å²) in [5, 5.41) is 0. The summed E-state index contributed by atoms with van der Waals surface area (Å²) in [5.41, 5.74) is 0.475. The molecule has 23 heavy (non-hydrogen) atoms. The molecule has 1 aliphatic carbocycles. The van der Waals surface area contributed by atoms with Crippen molar-refractivity contribution in [3.05, 3.63) is 35.6 Å². The second-order valence-corrected chi connectivity index (χ2v) is 7.34. The lowest BCUT2D eigenvalue weighted by molar-refractivity contribution is -0.198. The van der Waals surface area contributed by atoms with Crippen LogP contribution >= 0.6 is 0 Å². The summed E-state index contributed by atoms with van der Waals surface area (Å²) < 4.78 is 19.3. The molecule has 2 heterocycles. The van der Waals surface area contributed by atoms with Gasteiger partial charge >= 0.3 is 0 Å². The van der Waals surface area contributed by atoms with Gasteiger partial charge in [-0.15, -0.1) is 0 Å². The molecule has 1 amide bonds. The molecule has 3 fully saturated rings. The highest BCUT2D eigenvalue weighted by molar-refractivity contribution is 5.88. The Morgan fingerprint density at radius 2 is 1.78 bits per heavy atom. The fraction of sp³-hybridized carbons (Fsp3) is 0.611. The number of ether oxygens (including phenoxy) is 1. The number of carbonyl (C=O) groups is 1. The number of piperidine rings is 1. The van der Waals surface area contributed by atoms with Gasteiger partial charge in [0.15, 0.2) is 0 Å². The molecule has 0 aromatic heterocycles. The highest BCUT2D eigenvalue weighted by atomic mass is 19.1. The van der Waals surface area contributed by atoms with E-state index in [1.807, 2.05) is 24.1 Å². The highest BCUT2D eigenvalue weighted by Gasteiger charge is 2.61. The zero-order chi connectivity index (χ0) is 16.1. The van der Waals surface area contributed by atoms with Crippen LogP contribution in [0.5, 0.6) is 0 Å². The van der Waals surface area contributed by atoms with Crippen molar-refractivity contribution in [1.82, 2.24) is 9.80 Å². The Morgan fingerprint density at radius 3 is 2.39 bits per heavy atom. The zero-order valence-corrected chi connectivity index (χ0v) is 13.6. The van der Waals surface area contributed by atoms with E-state index < -0.39 is 5.60 Å². The Hall–Kier alpha value is -1.46. The van der Waals surface area contributed by atoms with Gasteiger partial charge in [-0.1, -0.05) is 12.1 Å². The Morgan fingerprint density at radius 1 is 1.13 bits per heavy atom. The van der Waals surface area contributed by atoms with Crippen LogP contribution < -0.4 is 0 Å². The number of likely N-dealkylation sites (N-methyl/N-ethyl adjacent to an activating group) is 1. The summed E-state index contributed by atoms with van der Waals surface area (Å²) in [6, 6.07) is 6.73. The van der Waals surface area contributed by atoms with Crippen molar-refractivity contribution < 1.29 is 13.9 Å². The maximum Gasteiger partial charge on any atom is 0.254 e. The van der Waals surface area contributed by atoms with E-state index in [0.29, 0.717) is 6.54 Å². The van der Waals surface area contributed by atoms with Crippen molar-refractivity contribution in [2.45, 2.75) is 43.4 Å². The molecule has 2 aliphatic heterocycles. The fourth-order valence-corrected chi connectivity index (χ4v) is 4.00. The van der Waals surface area contributed by atoms with Crippen LogP contribution in [0.15, 0.2) is 24.3 Å². The van der Waals surface area contributed by atoms with Crippen molar-refractivity contribution in [3.63, 3.8) is 0 Å². The van der Waals surface area contributed by atoms with E-state index in [4.69, 9.17) is 4.74 Å². The van der Waals surface area contributed by atoms with Gasteiger partial charge in [0.1, 0.15) is 11.4 Å². The molecule has 2 spiro atoms. The first kappa shape index (κ1) is 15.1. The van der Waals surface area contributed by atoms with E-state index in [9.17, 15) is 9.18 Å². The molecule has 0 N–H and O–H groups in total. The Bertz CT molecular complexity index is 604. The first-order chi connectivity index (χ1) is 11.0. The van der Waals surface area contributed by atoms with Crippen LogP contribution in [-0.4, -0.2) is 53.6 Å². The molecule has 4 rings (SSSR count). The van der Waals surface area contributed by atoms with Crippen molar-refractivity contribution in [3.8, 4) is 0 Å². The number of morpholine rings is 1. The minimum atomic E-state index is -0.494. The molecule has 1 aromatic carbocycles. The van der Waals surface area contributed by atoms with Crippen LogP contribution in [0.3, 0.4) is 0 Å². The number of halogens is 1. The molecular formula is C18H23FN2O2. The monoisotopic (exact) mass is 318 g/mol. The Balaban J connectivity index is 1.39. The lowest BCUT2D eigenvalue weighted by atomic mass is 9.88. The van der Waals surface area contributed by atoms with E-state index >= 15 is 0 Å². The average Bonchev–Trinajstić information content (AvgIpc) is 3.30. The molecule has 1 saturated carbocycles. The van der Waals surface area contributed by atoms with E-state index in [2.05, 4.69) is 4.90 Å². The molecule has 1 aromatic rings. The Kier molecular flexibility index (Phi) is 3.46. The molecular weight excluding hydrogens is 295 g/mol. The number of likely N-dealkylation sites (tertiary alicyclic amines) is 1. The quantitative estimate of drug-likeness (QED) is 0.838. The van der Waals surface area contributed by atoms with Gasteiger partial charge in [0.05, 0.1) is 5.60 Å². The van der Waals surface area contributed by atoms with Gasteiger partial charge in [0, 0.05) is 33.2 Å². The minimum absolute atomic E-state index is 0.164. The van der Waals surface area contributed by atoms with E-state index in [1.165, 1.54) is 12.1 Å². The lowest BCUT2D eigenvalue weighted by Crippen LogP contribution is -2.61. The van der Waals surface area contributed by atoms with Crippen molar-refractivity contribution in [1.29, 1.82) is 0 Å². The number of amides is 1. The molecule has 0 radical (unpaired) electrons. The Labute approximate surface area is 136 Å². The zero-order valence-electron chi connectivity index (χ0n) is 13.6. The summed E-state index contributed by atoms with van der Waals surface area (Å²) in [7, 11) is 1.90. The molecule has 0 unspecified atom stereocenters. The average molecular weight is 318 g/mol. The second-order valence-electron chi connectivity index (χ2n) is 7.34. The molecule has 4 nitrogen and oxygen atoms in total. The number of hydrogen-bond donors (Lipinski definition) is 0. The maximum absolute atomic E-state index is 13.0. The summed E-state index contributed by atoms with van der Waals surface area (Å²) in [5.74, 6) is -0.0266. The van der Waals surface area contributed by atoms with E-state index in [-0.39, 0.29) is 17.3 Å². The van der Waals surface area contributed by atoms with E-state index in [0.717, 1.165) is 50.9 Å². The lowest BCUT2D eigenvalue weighted by Gasteiger charge is -2.49. The SMILES string of the molecule is CN1CC2(CCN(Cc3ccc(F)cc3)CC2)OC2(CC2)C1=O. The molecule has 3 aliphatic rings. The van der Waals surface area contributed by atoms with Crippen LogP contribution in [-0.2, 0) is 16.1 Å². The molecule has 5 heteroatoms. The third kappa shape index (κ3) is 2.76. The maximum atomic E-state index is 13.0. The largest absolute Gasteiger partial charge is 0.357 e. The third-order valence-electron chi connectivity index (χ3n) is 5.46. The number of nitrogens with zero attached hydrogens (tertiary/aromatic N) is 2. The predicted molar refractivity (Wildman–Crippen MR) is 84.3 cm³/mol. The van der Waals surface area contributed by atoms with Crippen molar-refractivity contribution >= 4 is 5.91 Å². The van der Waals surface area contributed by atoms with Gasteiger partial charge in [-0.05, 0) is 43.4 Å². The normalized spacial score (nSPS) is 26.0. The summed E-state index contributed by atoms with van der Waals surface area (Å²) >= 11 is 0. The van der Waals surface area contributed by atoms with Crippen LogP contribution in [0, 0.1) is 5.82 Å². The standard InChI is InChI=1S/C18H23FN2O2/c1-20-13-17(23-18(6-7-18)16(20)22)8-10-21(11-9-17)12-14-2-4-15(19)5-3-14/h2-5H,6-13H2,1H3. The van der Waals surface area contributed by atoms with Gasteiger partial charge in [-0.3, -0.25) is 9.69 Å². The summed E-state index contributed by atoms with van der Waals surface area (Å²) in [6.45, 7) is 3.46. The van der Waals surface area contributed by atoms with Gasteiger partial charge in [0.25, 0.3) is 5.91 Å².